The summed E-state index contributed by atoms with van der Waals surface area (Å²) >= 11 is 1.85. The SMILES string of the molecule is C[C@H](CNC(=O)N(CCO)C1CC1)N1CCc2sccc2C1. The first-order valence-electron chi connectivity index (χ1n) is 8.13. The lowest BCUT2D eigenvalue weighted by Gasteiger charge is -2.33. The van der Waals surface area contributed by atoms with Crippen LogP contribution in [0.4, 0.5) is 4.79 Å². The lowest BCUT2D eigenvalue weighted by atomic mass is 10.1. The van der Waals surface area contributed by atoms with Crippen molar-refractivity contribution in [1.82, 2.24) is 15.1 Å². The van der Waals surface area contributed by atoms with Crippen molar-refractivity contribution in [3.05, 3.63) is 21.9 Å². The average Bonchev–Trinajstić information content (AvgIpc) is 3.26. The van der Waals surface area contributed by atoms with Gasteiger partial charge in [0.15, 0.2) is 0 Å². The van der Waals surface area contributed by atoms with E-state index >= 15 is 0 Å². The summed E-state index contributed by atoms with van der Waals surface area (Å²) in [6, 6.07) is 2.85. The van der Waals surface area contributed by atoms with E-state index < -0.39 is 0 Å². The second-order valence-corrected chi connectivity index (χ2v) is 7.27. The Hall–Kier alpha value is -1.11. The number of nitrogens with zero attached hydrogens (tertiary/aromatic N) is 2. The van der Waals surface area contributed by atoms with Gasteiger partial charge >= 0.3 is 6.03 Å². The van der Waals surface area contributed by atoms with E-state index in [1.165, 1.54) is 10.4 Å². The van der Waals surface area contributed by atoms with Crippen molar-refractivity contribution in [3.63, 3.8) is 0 Å². The molecule has 2 aliphatic rings. The van der Waals surface area contributed by atoms with Gasteiger partial charge in [-0.05, 0) is 43.2 Å². The molecule has 1 aliphatic heterocycles. The highest BCUT2D eigenvalue weighted by Crippen LogP contribution is 2.27. The summed E-state index contributed by atoms with van der Waals surface area (Å²) in [6.45, 7) is 5.35. The number of carbonyl (C=O) groups is 1. The summed E-state index contributed by atoms with van der Waals surface area (Å²) in [7, 11) is 0. The molecule has 0 bridgehead atoms. The molecule has 1 aliphatic carbocycles. The molecule has 1 saturated carbocycles. The molecule has 0 aromatic carbocycles. The van der Waals surface area contributed by atoms with E-state index in [4.69, 9.17) is 5.11 Å². The summed E-state index contributed by atoms with van der Waals surface area (Å²) in [5.74, 6) is 0. The van der Waals surface area contributed by atoms with Gasteiger partial charge in [0.25, 0.3) is 0 Å². The zero-order valence-corrected chi connectivity index (χ0v) is 13.9. The van der Waals surface area contributed by atoms with E-state index in [0.717, 1.165) is 32.4 Å². The molecular weight excluding hydrogens is 298 g/mol. The molecular formula is C16H25N3O2S. The minimum Gasteiger partial charge on any atom is -0.395 e. The highest BCUT2D eigenvalue weighted by molar-refractivity contribution is 7.10. The second-order valence-electron chi connectivity index (χ2n) is 6.27. The summed E-state index contributed by atoms with van der Waals surface area (Å²) in [4.78, 5) is 18.0. The van der Waals surface area contributed by atoms with Gasteiger partial charge in [-0.25, -0.2) is 4.79 Å². The van der Waals surface area contributed by atoms with Crippen LogP contribution in [0.1, 0.15) is 30.2 Å². The predicted molar refractivity (Wildman–Crippen MR) is 88.1 cm³/mol. The van der Waals surface area contributed by atoms with Crippen LogP contribution in [0.15, 0.2) is 11.4 Å². The van der Waals surface area contributed by atoms with Gasteiger partial charge in [0, 0.05) is 43.1 Å². The van der Waals surface area contributed by atoms with E-state index in [9.17, 15) is 4.79 Å². The van der Waals surface area contributed by atoms with Crippen LogP contribution in [0.3, 0.4) is 0 Å². The number of carbonyl (C=O) groups excluding carboxylic acids is 1. The highest BCUT2D eigenvalue weighted by atomic mass is 32.1. The maximum Gasteiger partial charge on any atom is 0.317 e. The number of aliphatic hydroxyl groups excluding tert-OH is 1. The van der Waals surface area contributed by atoms with Crippen molar-refractivity contribution >= 4 is 17.4 Å². The third-order valence-corrected chi connectivity index (χ3v) is 5.62. The number of nitrogens with one attached hydrogen (secondary N) is 1. The van der Waals surface area contributed by atoms with Crippen molar-refractivity contribution in [1.29, 1.82) is 0 Å². The van der Waals surface area contributed by atoms with Gasteiger partial charge in [-0.2, -0.15) is 0 Å². The van der Waals surface area contributed by atoms with Crippen LogP contribution in [-0.2, 0) is 13.0 Å². The van der Waals surface area contributed by atoms with Crippen LogP contribution < -0.4 is 5.32 Å². The van der Waals surface area contributed by atoms with Crippen molar-refractivity contribution < 1.29 is 9.90 Å². The van der Waals surface area contributed by atoms with Crippen molar-refractivity contribution in [2.75, 3.05) is 26.2 Å². The maximum absolute atomic E-state index is 12.2. The molecule has 3 rings (SSSR count). The number of thiophene rings is 1. The number of hydrogen-bond acceptors (Lipinski definition) is 4. The predicted octanol–water partition coefficient (Wildman–Crippen LogP) is 1.66. The zero-order chi connectivity index (χ0) is 15.5. The Morgan fingerprint density at radius 1 is 1.59 bits per heavy atom. The average molecular weight is 323 g/mol. The third-order valence-electron chi connectivity index (χ3n) is 4.60. The van der Waals surface area contributed by atoms with E-state index in [-0.39, 0.29) is 12.6 Å². The van der Waals surface area contributed by atoms with Crippen molar-refractivity contribution in [2.24, 2.45) is 0 Å². The van der Waals surface area contributed by atoms with Gasteiger partial charge in [0.1, 0.15) is 0 Å². The quantitative estimate of drug-likeness (QED) is 0.837. The fourth-order valence-corrected chi connectivity index (χ4v) is 3.95. The Bertz CT molecular complexity index is 515. The van der Waals surface area contributed by atoms with Crippen LogP contribution in [0.25, 0.3) is 0 Å². The van der Waals surface area contributed by atoms with Crippen LogP contribution >= 0.6 is 11.3 Å². The Morgan fingerprint density at radius 2 is 2.41 bits per heavy atom. The van der Waals surface area contributed by atoms with Gasteiger partial charge in [0.05, 0.1) is 6.61 Å². The molecule has 0 unspecified atom stereocenters. The lowest BCUT2D eigenvalue weighted by Crippen LogP contribution is -2.48. The molecule has 1 aromatic rings. The van der Waals surface area contributed by atoms with Crippen LogP contribution in [0, 0.1) is 0 Å². The second kappa shape index (κ2) is 6.98. The largest absolute Gasteiger partial charge is 0.395 e. The molecule has 0 spiro atoms. The molecule has 5 nitrogen and oxygen atoms in total. The molecule has 6 heteroatoms. The number of hydrogen-bond donors (Lipinski definition) is 2. The zero-order valence-electron chi connectivity index (χ0n) is 13.1. The molecule has 1 fully saturated rings. The molecule has 2 amide bonds. The smallest absolute Gasteiger partial charge is 0.317 e. The standard InChI is InChI=1S/C16H25N3O2S/c1-12(18-6-4-15-13(11-18)5-9-22-15)10-17-16(21)19(7-8-20)14-2-3-14/h5,9,12,14,20H,2-4,6-8,10-11H2,1H3,(H,17,21)/t12-/m1/s1. The molecule has 1 atom stereocenters. The molecule has 122 valence electrons. The molecule has 2 heterocycles. The van der Waals surface area contributed by atoms with Gasteiger partial charge in [-0.15, -0.1) is 11.3 Å². The topological polar surface area (TPSA) is 55.8 Å². The van der Waals surface area contributed by atoms with Crippen LogP contribution in [0.5, 0.6) is 0 Å². The van der Waals surface area contributed by atoms with Gasteiger partial charge in [-0.3, -0.25) is 4.90 Å². The Kier molecular flexibility index (Phi) is 5.00. The first kappa shape index (κ1) is 15.8. The lowest BCUT2D eigenvalue weighted by molar-refractivity contribution is 0.161. The van der Waals surface area contributed by atoms with Crippen LogP contribution in [0.2, 0.25) is 0 Å². The normalized spacial score (nSPS) is 19.5. The number of fused-ring (bicyclic) bond motifs is 1. The van der Waals surface area contributed by atoms with Crippen molar-refractivity contribution in [3.8, 4) is 0 Å². The number of urea groups is 1. The van der Waals surface area contributed by atoms with E-state index in [2.05, 4.69) is 28.6 Å². The summed E-state index contributed by atoms with van der Waals surface area (Å²) < 4.78 is 0. The van der Waals surface area contributed by atoms with Crippen LogP contribution in [-0.4, -0.2) is 59.3 Å². The summed E-state index contributed by atoms with van der Waals surface area (Å²) in [5.41, 5.74) is 1.44. The number of rotatable bonds is 6. The highest BCUT2D eigenvalue weighted by Gasteiger charge is 2.32. The number of aliphatic hydroxyl groups is 1. The van der Waals surface area contributed by atoms with Gasteiger partial charge in [0.2, 0.25) is 0 Å². The maximum atomic E-state index is 12.2. The van der Waals surface area contributed by atoms with E-state index in [0.29, 0.717) is 25.2 Å². The fourth-order valence-electron chi connectivity index (χ4n) is 3.06. The molecule has 22 heavy (non-hydrogen) atoms. The monoisotopic (exact) mass is 323 g/mol. The third kappa shape index (κ3) is 3.62. The van der Waals surface area contributed by atoms with E-state index in [1.807, 2.05) is 11.3 Å². The Labute approximate surface area is 135 Å². The Balaban J connectivity index is 1.47. The van der Waals surface area contributed by atoms with Gasteiger partial charge in [-0.1, -0.05) is 0 Å². The first-order chi connectivity index (χ1) is 10.7. The molecule has 1 aromatic heterocycles. The van der Waals surface area contributed by atoms with E-state index in [1.54, 1.807) is 4.90 Å². The van der Waals surface area contributed by atoms with Crippen molar-refractivity contribution in [2.45, 2.75) is 44.8 Å². The minimum absolute atomic E-state index is 0.0309. The summed E-state index contributed by atoms with van der Waals surface area (Å²) in [6.07, 6.45) is 3.25. The molecule has 0 radical (unpaired) electrons. The van der Waals surface area contributed by atoms with Gasteiger partial charge < -0.3 is 15.3 Å². The fraction of sp³-hybridized carbons (Fsp3) is 0.688. The molecule has 2 N–H and O–H groups in total. The first-order valence-corrected chi connectivity index (χ1v) is 9.01. The summed E-state index contributed by atoms with van der Waals surface area (Å²) in [5, 5.41) is 14.3. The molecule has 0 saturated heterocycles. The minimum atomic E-state index is -0.0309. The Morgan fingerprint density at radius 3 is 3.14 bits per heavy atom. The number of amides is 2.